The lowest BCUT2D eigenvalue weighted by Crippen LogP contribution is -2.28. The van der Waals surface area contributed by atoms with Gasteiger partial charge in [-0.1, -0.05) is 18.2 Å². The van der Waals surface area contributed by atoms with Gasteiger partial charge in [-0.05, 0) is 58.0 Å². The van der Waals surface area contributed by atoms with Gasteiger partial charge in [-0.3, -0.25) is 9.36 Å². The van der Waals surface area contributed by atoms with Crippen LogP contribution < -0.4 is 10.3 Å². The van der Waals surface area contributed by atoms with E-state index in [2.05, 4.69) is 0 Å². The van der Waals surface area contributed by atoms with Gasteiger partial charge in [0.05, 0.1) is 12.2 Å². The summed E-state index contributed by atoms with van der Waals surface area (Å²) in [6, 6.07) is 13.7. The first-order chi connectivity index (χ1) is 14.7. The highest BCUT2D eigenvalue weighted by molar-refractivity contribution is 6.04. The van der Waals surface area contributed by atoms with Gasteiger partial charge in [0.1, 0.15) is 11.4 Å². The molecule has 0 fully saturated rings. The summed E-state index contributed by atoms with van der Waals surface area (Å²) in [4.78, 5) is 37.8. The molecule has 1 aromatic heterocycles. The van der Waals surface area contributed by atoms with Crippen LogP contribution in [0.3, 0.4) is 0 Å². The van der Waals surface area contributed by atoms with Crippen molar-refractivity contribution in [2.45, 2.75) is 33.3 Å². The molecular weight excluding hydrogens is 398 g/mol. The number of fused-ring (bicyclic) bond motifs is 1. The monoisotopic (exact) mass is 423 g/mol. The van der Waals surface area contributed by atoms with Crippen molar-refractivity contribution in [3.05, 3.63) is 70.6 Å². The first-order valence-corrected chi connectivity index (χ1v) is 9.96. The second-order valence-electron chi connectivity index (χ2n) is 7.85. The fourth-order valence-electron chi connectivity index (χ4n) is 3.09. The van der Waals surface area contributed by atoms with Gasteiger partial charge in [-0.25, -0.2) is 9.59 Å². The molecule has 0 aliphatic rings. The zero-order chi connectivity index (χ0) is 22.6. The third kappa shape index (κ3) is 5.31. The molecule has 7 heteroatoms. The number of ether oxygens (including phenoxy) is 3. The van der Waals surface area contributed by atoms with E-state index < -0.39 is 24.1 Å². The van der Waals surface area contributed by atoms with Crippen molar-refractivity contribution in [3.8, 4) is 11.4 Å². The van der Waals surface area contributed by atoms with Crippen LogP contribution in [-0.4, -0.2) is 35.3 Å². The fraction of sp³-hybridized carbons (Fsp3) is 0.292. The highest BCUT2D eigenvalue weighted by atomic mass is 16.6. The zero-order valence-corrected chi connectivity index (χ0v) is 18.0. The molecule has 2 aromatic carbocycles. The number of hydrogen-bond donors (Lipinski definition) is 0. The average Bonchev–Trinajstić information content (AvgIpc) is 2.72. The van der Waals surface area contributed by atoms with Crippen molar-refractivity contribution in [2.24, 2.45) is 0 Å². The first kappa shape index (κ1) is 22.1. The van der Waals surface area contributed by atoms with E-state index in [1.54, 1.807) is 69.3 Å². The lowest BCUT2D eigenvalue weighted by Gasteiger charge is -2.19. The highest BCUT2D eigenvalue weighted by Gasteiger charge is 2.20. The Kier molecular flexibility index (Phi) is 6.44. The smallest absolute Gasteiger partial charge is 0.344 e. The van der Waals surface area contributed by atoms with Crippen LogP contribution in [0.5, 0.6) is 5.75 Å². The van der Waals surface area contributed by atoms with Crippen molar-refractivity contribution in [2.75, 3.05) is 13.2 Å². The summed E-state index contributed by atoms with van der Waals surface area (Å²) in [7, 11) is 0. The Hall–Kier alpha value is -3.61. The first-order valence-electron chi connectivity index (χ1n) is 9.96. The van der Waals surface area contributed by atoms with Gasteiger partial charge in [-0.15, -0.1) is 0 Å². The standard InChI is InChI=1S/C24H25NO6/c1-5-29-17-12-10-16(11-13-17)25-14-20(18-8-6-7-9-19(18)22(25)27)23(28)30-15-21(26)31-24(2,3)4/h6-14H,5,15H2,1-4H3. The fourth-order valence-corrected chi connectivity index (χ4v) is 3.09. The Morgan fingerprint density at radius 1 is 0.968 bits per heavy atom. The lowest BCUT2D eigenvalue weighted by molar-refractivity contribution is -0.158. The van der Waals surface area contributed by atoms with Gasteiger partial charge in [0.2, 0.25) is 0 Å². The van der Waals surface area contributed by atoms with Crippen molar-refractivity contribution >= 4 is 22.7 Å². The lowest BCUT2D eigenvalue weighted by atomic mass is 10.1. The summed E-state index contributed by atoms with van der Waals surface area (Å²) in [5, 5.41) is 0.812. The molecule has 3 rings (SSSR count). The third-order valence-electron chi connectivity index (χ3n) is 4.31. The molecule has 0 aliphatic carbocycles. The van der Waals surface area contributed by atoms with E-state index in [0.29, 0.717) is 28.8 Å². The minimum atomic E-state index is -0.721. The Morgan fingerprint density at radius 3 is 2.23 bits per heavy atom. The number of aromatic nitrogens is 1. The SMILES string of the molecule is CCOc1ccc(-n2cc(C(=O)OCC(=O)OC(C)(C)C)c3ccccc3c2=O)cc1. The Balaban J connectivity index is 1.97. The summed E-state index contributed by atoms with van der Waals surface area (Å²) in [5.74, 6) is -0.691. The van der Waals surface area contributed by atoms with Crippen LogP contribution in [0.25, 0.3) is 16.5 Å². The van der Waals surface area contributed by atoms with Gasteiger partial charge in [0, 0.05) is 22.7 Å². The van der Waals surface area contributed by atoms with Gasteiger partial charge in [0.15, 0.2) is 6.61 Å². The predicted octanol–water partition coefficient (Wildman–Crippen LogP) is 3.89. The van der Waals surface area contributed by atoms with Crippen LogP contribution in [0, 0.1) is 0 Å². The van der Waals surface area contributed by atoms with Crippen LogP contribution >= 0.6 is 0 Å². The zero-order valence-electron chi connectivity index (χ0n) is 18.0. The Bertz CT molecular complexity index is 1160. The quantitative estimate of drug-likeness (QED) is 0.560. The molecule has 0 radical (unpaired) electrons. The number of pyridine rings is 1. The maximum Gasteiger partial charge on any atom is 0.344 e. The molecule has 162 valence electrons. The van der Waals surface area contributed by atoms with Crippen LogP contribution in [0.15, 0.2) is 59.5 Å². The van der Waals surface area contributed by atoms with E-state index in [9.17, 15) is 14.4 Å². The van der Waals surface area contributed by atoms with E-state index >= 15 is 0 Å². The molecule has 0 saturated carbocycles. The topological polar surface area (TPSA) is 83.8 Å². The molecule has 0 spiro atoms. The molecule has 7 nitrogen and oxygen atoms in total. The van der Waals surface area contributed by atoms with E-state index in [1.807, 2.05) is 6.92 Å². The molecule has 0 amide bonds. The van der Waals surface area contributed by atoms with Crippen LogP contribution in [0.1, 0.15) is 38.1 Å². The van der Waals surface area contributed by atoms with Crippen molar-refractivity contribution < 1.29 is 23.8 Å². The maximum atomic E-state index is 13.0. The summed E-state index contributed by atoms with van der Waals surface area (Å²) >= 11 is 0. The normalized spacial score (nSPS) is 11.2. The molecular formula is C24H25NO6. The third-order valence-corrected chi connectivity index (χ3v) is 4.31. The molecule has 0 atom stereocenters. The number of hydrogen-bond acceptors (Lipinski definition) is 6. The van der Waals surface area contributed by atoms with E-state index in [-0.39, 0.29) is 11.1 Å². The van der Waals surface area contributed by atoms with Crippen LogP contribution in [0.2, 0.25) is 0 Å². The highest BCUT2D eigenvalue weighted by Crippen LogP contribution is 2.20. The maximum absolute atomic E-state index is 13.0. The molecule has 1 heterocycles. The molecule has 0 aliphatic heterocycles. The van der Waals surface area contributed by atoms with Crippen molar-refractivity contribution in [3.63, 3.8) is 0 Å². The number of carbonyl (C=O) groups is 2. The molecule has 31 heavy (non-hydrogen) atoms. The minimum Gasteiger partial charge on any atom is -0.494 e. The summed E-state index contributed by atoms with van der Waals surface area (Å²) in [5.41, 5.74) is -0.214. The summed E-state index contributed by atoms with van der Waals surface area (Å²) in [6.07, 6.45) is 1.43. The van der Waals surface area contributed by atoms with Gasteiger partial charge < -0.3 is 14.2 Å². The summed E-state index contributed by atoms with van der Waals surface area (Å²) < 4.78 is 17.2. The van der Waals surface area contributed by atoms with E-state index in [0.717, 1.165) is 0 Å². The van der Waals surface area contributed by atoms with Gasteiger partial charge >= 0.3 is 11.9 Å². The number of carbonyl (C=O) groups excluding carboxylic acids is 2. The van der Waals surface area contributed by atoms with Crippen molar-refractivity contribution in [1.82, 2.24) is 4.57 Å². The summed E-state index contributed by atoms with van der Waals surface area (Å²) in [6.45, 7) is 7.08. The Morgan fingerprint density at radius 2 is 1.61 bits per heavy atom. The molecule has 0 unspecified atom stereocenters. The number of benzene rings is 2. The number of nitrogens with zero attached hydrogens (tertiary/aromatic N) is 1. The predicted molar refractivity (Wildman–Crippen MR) is 117 cm³/mol. The molecule has 0 N–H and O–H groups in total. The molecule has 3 aromatic rings. The van der Waals surface area contributed by atoms with Crippen LogP contribution in [-0.2, 0) is 14.3 Å². The minimum absolute atomic E-state index is 0.174. The van der Waals surface area contributed by atoms with Crippen LogP contribution in [0.4, 0.5) is 0 Å². The second-order valence-corrected chi connectivity index (χ2v) is 7.85. The van der Waals surface area contributed by atoms with Gasteiger partial charge in [-0.2, -0.15) is 0 Å². The number of esters is 2. The second kappa shape index (κ2) is 9.04. The average molecular weight is 423 g/mol. The Labute approximate surface area is 180 Å². The molecule has 0 bridgehead atoms. The molecule has 0 saturated heterocycles. The van der Waals surface area contributed by atoms with E-state index in [4.69, 9.17) is 14.2 Å². The van der Waals surface area contributed by atoms with Crippen molar-refractivity contribution in [1.29, 1.82) is 0 Å². The number of rotatable bonds is 6. The van der Waals surface area contributed by atoms with Gasteiger partial charge in [0.25, 0.3) is 5.56 Å². The van der Waals surface area contributed by atoms with E-state index in [1.165, 1.54) is 10.8 Å². The largest absolute Gasteiger partial charge is 0.494 e.